The van der Waals surface area contributed by atoms with Gasteiger partial charge in [-0.15, -0.1) is 0 Å². The number of hydrogen-bond acceptors (Lipinski definition) is 6. The largest absolute Gasteiger partial charge is 0.460 e. The number of nitriles is 2. The van der Waals surface area contributed by atoms with Crippen LogP contribution in [-0.4, -0.2) is 37.1 Å². The maximum absolute atomic E-state index is 11.5. The van der Waals surface area contributed by atoms with Crippen molar-refractivity contribution in [2.45, 2.75) is 18.9 Å². The molecule has 6 heteroatoms. The van der Waals surface area contributed by atoms with Crippen molar-refractivity contribution in [1.29, 1.82) is 10.5 Å². The Hall–Kier alpha value is -2.05. The van der Waals surface area contributed by atoms with Crippen LogP contribution in [-0.2, 0) is 9.53 Å². The summed E-state index contributed by atoms with van der Waals surface area (Å²) in [7, 11) is 1.66. The van der Waals surface area contributed by atoms with Crippen molar-refractivity contribution in [3.05, 3.63) is 12.7 Å². The third-order valence-corrected chi connectivity index (χ3v) is 2.09. The fourth-order valence-corrected chi connectivity index (χ4v) is 1.20. The summed E-state index contributed by atoms with van der Waals surface area (Å²) in [4.78, 5) is 12.4. The summed E-state index contributed by atoms with van der Waals surface area (Å²) in [5, 5.41) is 19.8. The first-order valence-corrected chi connectivity index (χ1v) is 5.21. The number of nitrogens with zero attached hydrogens (tertiary/aromatic N) is 3. The second kappa shape index (κ2) is 9.20. The van der Waals surface area contributed by atoms with Crippen LogP contribution in [0.25, 0.3) is 0 Å². The van der Waals surface area contributed by atoms with Gasteiger partial charge in [0.25, 0.3) is 0 Å². The highest BCUT2D eigenvalue weighted by molar-refractivity contribution is 5.75. The summed E-state index contributed by atoms with van der Waals surface area (Å²) in [6.45, 7) is 3.93. The lowest BCUT2D eigenvalue weighted by Crippen LogP contribution is -2.36. The number of nitrogens with one attached hydrogen (secondary N) is 1. The van der Waals surface area contributed by atoms with E-state index in [0.717, 1.165) is 4.90 Å². The summed E-state index contributed by atoms with van der Waals surface area (Å²) < 4.78 is 4.89. The fourth-order valence-electron chi connectivity index (χ4n) is 1.20. The van der Waals surface area contributed by atoms with Crippen LogP contribution in [0.2, 0.25) is 0 Å². The zero-order valence-electron chi connectivity index (χ0n) is 9.85. The van der Waals surface area contributed by atoms with Gasteiger partial charge in [-0.25, -0.2) is 4.90 Å². The Morgan fingerprint density at radius 1 is 1.59 bits per heavy atom. The molecule has 92 valence electrons. The molecule has 17 heavy (non-hydrogen) atoms. The molecule has 1 atom stereocenters. The molecule has 0 bridgehead atoms. The molecule has 1 N–H and O–H groups in total. The van der Waals surface area contributed by atoms with Crippen LogP contribution < -0.4 is 5.32 Å². The molecule has 0 aliphatic rings. The predicted molar refractivity (Wildman–Crippen MR) is 61.2 cm³/mol. The molecule has 0 fully saturated rings. The second-order valence-corrected chi connectivity index (χ2v) is 3.25. The normalized spacial score (nSPS) is 10.8. The summed E-state index contributed by atoms with van der Waals surface area (Å²) >= 11 is 0. The first-order chi connectivity index (χ1) is 8.19. The molecular weight excluding hydrogens is 220 g/mol. The lowest BCUT2D eigenvalue weighted by Gasteiger charge is -2.14. The Balaban J connectivity index is 3.98. The number of esters is 1. The number of carbonyl (C=O) groups excluding carboxylic acids is 1. The van der Waals surface area contributed by atoms with E-state index in [9.17, 15) is 4.79 Å². The van der Waals surface area contributed by atoms with Gasteiger partial charge in [-0.3, -0.25) is 4.79 Å². The third kappa shape index (κ3) is 6.18. The molecule has 0 aromatic rings. The molecule has 0 aliphatic carbocycles. The van der Waals surface area contributed by atoms with Gasteiger partial charge in [-0.1, -0.05) is 12.7 Å². The topological polar surface area (TPSA) is 89.2 Å². The summed E-state index contributed by atoms with van der Waals surface area (Å²) in [5.74, 6) is -0.354. The number of likely N-dealkylation sites (N-methyl/N-ethyl adjacent to an activating group) is 1. The Labute approximate surface area is 101 Å². The molecule has 0 saturated heterocycles. The van der Waals surface area contributed by atoms with E-state index in [-0.39, 0.29) is 12.6 Å². The minimum absolute atomic E-state index is 0.180. The van der Waals surface area contributed by atoms with Gasteiger partial charge in [0.1, 0.15) is 12.6 Å². The highest BCUT2D eigenvalue weighted by Crippen LogP contribution is 2.01. The number of hydrogen-bond donors (Lipinski definition) is 1. The number of rotatable bonds is 8. The van der Waals surface area contributed by atoms with E-state index in [1.54, 1.807) is 19.4 Å². The Kier molecular flexibility index (Phi) is 8.09. The van der Waals surface area contributed by atoms with E-state index in [2.05, 4.69) is 11.9 Å². The number of carbonyl (C=O) groups is 1. The van der Waals surface area contributed by atoms with Crippen LogP contribution in [0.15, 0.2) is 12.7 Å². The predicted octanol–water partition coefficient (Wildman–Crippen LogP) is 0.348. The fraction of sp³-hybridized carbons (Fsp3) is 0.545. The van der Waals surface area contributed by atoms with Crippen LogP contribution in [0.1, 0.15) is 12.8 Å². The molecule has 0 radical (unpaired) electrons. The van der Waals surface area contributed by atoms with Gasteiger partial charge in [-0.05, 0) is 19.9 Å². The van der Waals surface area contributed by atoms with Gasteiger partial charge < -0.3 is 10.1 Å². The molecule has 0 aliphatic heterocycles. The third-order valence-electron chi connectivity index (χ3n) is 2.09. The monoisotopic (exact) mass is 236 g/mol. The van der Waals surface area contributed by atoms with Crippen LogP contribution in [0.5, 0.6) is 0 Å². The highest BCUT2D eigenvalue weighted by atomic mass is 16.5. The smallest absolute Gasteiger partial charge is 0.323 e. The van der Waals surface area contributed by atoms with Crippen molar-refractivity contribution in [3.8, 4) is 12.4 Å². The molecule has 0 heterocycles. The van der Waals surface area contributed by atoms with Crippen LogP contribution in [0.3, 0.4) is 0 Å². The van der Waals surface area contributed by atoms with Crippen LogP contribution >= 0.6 is 0 Å². The van der Waals surface area contributed by atoms with Crippen molar-refractivity contribution in [2.75, 3.05) is 20.2 Å². The zero-order chi connectivity index (χ0) is 13.1. The van der Waals surface area contributed by atoms with Gasteiger partial charge in [0, 0.05) is 6.54 Å². The lowest BCUT2D eigenvalue weighted by molar-refractivity contribution is -0.145. The standard InChI is InChI=1S/C11H16N4O2/c1-3-7-17-11(16)10(14-2)5-4-6-15(8-12)9-13/h3,10,14H,1,4-7H2,2H3. The minimum Gasteiger partial charge on any atom is -0.460 e. The Morgan fingerprint density at radius 2 is 2.24 bits per heavy atom. The molecule has 0 saturated carbocycles. The van der Waals surface area contributed by atoms with Crippen molar-refractivity contribution >= 4 is 5.97 Å². The lowest BCUT2D eigenvalue weighted by atomic mass is 10.1. The first kappa shape index (κ1) is 14.9. The molecule has 0 amide bonds. The van der Waals surface area contributed by atoms with E-state index in [0.29, 0.717) is 19.4 Å². The van der Waals surface area contributed by atoms with Crippen molar-refractivity contribution in [2.24, 2.45) is 0 Å². The van der Waals surface area contributed by atoms with Crippen molar-refractivity contribution in [1.82, 2.24) is 10.2 Å². The average molecular weight is 236 g/mol. The van der Waals surface area contributed by atoms with Gasteiger partial charge >= 0.3 is 5.97 Å². The molecule has 0 aromatic carbocycles. The average Bonchev–Trinajstić information content (AvgIpc) is 2.36. The van der Waals surface area contributed by atoms with E-state index in [1.807, 2.05) is 0 Å². The maximum Gasteiger partial charge on any atom is 0.323 e. The number of ether oxygens (including phenoxy) is 1. The second-order valence-electron chi connectivity index (χ2n) is 3.25. The molecule has 0 spiro atoms. The quantitative estimate of drug-likeness (QED) is 0.283. The van der Waals surface area contributed by atoms with Crippen molar-refractivity contribution < 1.29 is 9.53 Å². The Bertz CT molecular complexity index is 315. The highest BCUT2D eigenvalue weighted by Gasteiger charge is 2.17. The molecule has 0 aromatic heterocycles. The summed E-state index contributed by atoms with van der Waals surface area (Å²) in [6, 6.07) is -0.422. The minimum atomic E-state index is -0.422. The van der Waals surface area contributed by atoms with E-state index in [1.165, 1.54) is 6.08 Å². The molecule has 6 nitrogen and oxygen atoms in total. The summed E-state index contributed by atoms with van der Waals surface area (Å²) in [5.41, 5.74) is 0. The van der Waals surface area contributed by atoms with Gasteiger partial charge in [0.05, 0.1) is 0 Å². The molecule has 1 unspecified atom stereocenters. The molecule has 0 rings (SSSR count). The van der Waals surface area contributed by atoms with Crippen molar-refractivity contribution in [3.63, 3.8) is 0 Å². The van der Waals surface area contributed by atoms with Gasteiger partial charge in [0.15, 0.2) is 12.4 Å². The molecular formula is C11H16N4O2. The van der Waals surface area contributed by atoms with E-state index < -0.39 is 6.04 Å². The van der Waals surface area contributed by atoms with Gasteiger partial charge in [0.2, 0.25) is 0 Å². The zero-order valence-corrected chi connectivity index (χ0v) is 9.85. The SMILES string of the molecule is C=CCOC(=O)C(CCCN(C#N)C#N)NC. The van der Waals surface area contributed by atoms with E-state index in [4.69, 9.17) is 15.3 Å². The van der Waals surface area contributed by atoms with Crippen LogP contribution in [0, 0.1) is 22.9 Å². The van der Waals surface area contributed by atoms with E-state index >= 15 is 0 Å². The Morgan fingerprint density at radius 3 is 2.71 bits per heavy atom. The van der Waals surface area contributed by atoms with Gasteiger partial charge in [-0.2, -0.15) is 10.5 Å². The first-order valence-electron chi connectivity index (χ1n) is 5.21. The van der Waals surface area contributed by atoms with Crippen LogP contribution in [0.4, 0.5) is 0 Å². The summed E-state index contributed by atoms with van der Waals surface area (Å²) in [6.07, 6.45) is 6.01. The maximum atomic E-state index is 11.5.